The summed E-state index contributed by atoms with van der Waals surface area (Å²) in [4.78, 5) is 4.61. The van der Waals surface area contributed by atoms with Crippen molar-refractivity contribution < 1.29 is 0 Å². The first kappa shape index (κ1) is 12.7. The van der Waals surface area contributed by atoms with E-state index in [4.69, 9.17) is 5.73 Å². The van der Waals surface area contributed by atoms with E-state index in [-0.39, 0.29) is 6.04 Å². The molecule has 2 nitrogen and oxygen atoms in total. The zero-order valence-corrected chi connectivity index (χ0v) is 11.0. The fourth-order valence-electron chi connectivity index (χ4n) is 1.60. The number of rotatable bonds is 5. The Balaban J connectivity index is 2.69. The molecular formula is C12H22N2S. The van der Waals surface area contributed by atoms with Crippen molar-refractivity contribution in [2.24, 2.45) is 11.7 Å². The van der Waals surface area contributed by atoms with Crippen LogP contribution in [0.5, 0.6) is 0 Å². The molecule has 2 atom stereocenters. The Morgan fingerprint density at radius 2 is 2.07 bits per heavy atom. The highest BCUT2D eigenvalue weighted by Gasteiger charge is 2.18. The molecule has 2 unspecified atom stereocenters. The molecule has 0 spiro atoms. The first-order chi connectivity index (χ1) is 7.06. The molecule has 0 aliphatic carbocycles. The number of thiazole rings is 1. The Labute approximate surface area is 96.9 Å². The number of aromatic nitrogens is 1. The van der Waals surface area contributed by atoms with Crippen LogP contribution in [0.2, 0.25) is 0 Å². The molecule has 1 rings (SSSR count). The number of nitrogens with two attached hydrogens (primary N) is 1. The van der Waals surface area contributed by atoms with Gasteiger partial charge in [0.2, 0.25) is 0 Å². The first-order valence-corrected chi connectivity index (χ1v) is 6.65. The van der Waals surface area contributed by atoms with Crippen LogP contribution in [-0.2, 0) is 0 Å². The van der Waals surface area contributed by atoms with Crippen LogP contribution in [0, 0.1) is 5.92 Å². The third-order valence-corrected chi connectivity index (χ3v) is 3.74. The minimum absolute atomic E-state index is 0.113. The Hall–Kier alpha value is -0.410. The predicted octanol–water partition coefficient (Wildman–Crippen LogP) is 3.70. The lowest BCUT2D eigenvalue weighted by molar-refractivity contribution is 0.432. The van der Waals surface area contributed by atoms with Crippen LogP contribution in [0.15, 0.2) is 5.38 Å². The second-order valence-corrected chi connectivity index (χ2v) is 5.45. The molecule has 15 heavy (non-hydrogen) atoms. The van der Waals surface area contributed by atoms with Gasteiger partial charge < -0.3 is 5.73 Å². The number of hydrogen-bond donors (Lipinski definition) is 1. The van der Waals surface area contributed by atoms with Crippen molar-refractivity contribution in [3.63, 3.8) is 0 Å². The monoisotopic (exact) mass is 226 g/mol. The van der Waals surface area contributed by atoms with E-state index >= 15 is 0 Å². The van der Waals surface area contributed by atoms with Crippen molar-refractivity contribution in [3.05, 3.63) is 16.1 Å². The van der Waals surface area contributed by atoms with Gasteiger partial charge in [0.05, 0.1) is 11.7 Å². The molecule has 0 saturated carbocycles. The Morgan fingerprint density at radius 1 is 1.40 bits per heavy atom. The Bertz CT molecular complexity index is 294. The second kappa shape index (κ2) is 5.61. The van der Waals surface area contributed by atoms with Crippen molar-refractivity contribution >= 4 is 11.3 Å². The van der Waals surface area contributed by atoms with Crippen molar-refractivity contribution in [2.45, 2.75) is 52.5 Å². The average Bonchev–Trinajstić information content (AvgIpc) is 2.65. The van der Waals surface area contributed by atoms with E-state index < -0.39 is 0 Å². The molecule has 0 aliphatic heterocycles. The molecule has 3 heteroatoms. The molecule has 0 fully saturated rings. The fraction of sp³-hybridized carbons (Fsp3) is 0.750. The van der Waals surface area contributed by atoms with Crippen LogP contribution in [-0.4, -0.2) is 4.98 Å². The lowest BCUT2D eigenvalue weighted by atomic mass is 9.98. The Morgan fingerprint density at radius 3 is 2.53 bits per heavy atom. The largest absolute Gasteiger partial charge is 0.322 e. The minimum atomic E-state index is 0.113. The van der Waals surface area contributed by atoms with E-state index in [0.717, 1.165) is 5.01 Å². The van der Waals surface area contributed by atoms with Gasteiger partial charge in [0, 0.05) is 5.38 Å². The molecule has 0 saturated heterocycles. The average molecular weight is 226 g/mol. The minimum Gasteiger partial charge on any atom is -0.322 e. The van der Waals surface area contributed by atoms with E-state index in [1.54, 1.807) is 11.3 Å². The van der Waals surface area contributed by atoms with Gasteiger partial charge in [-0.2, -0.15) is 0 Å². The highest BCUT2D eigenvalue weighted by atomic mass is 32.1. The van der Waals surface area contributed by atoms with E-state index in [0.29, 0.717) is 11.8 Å². The van der Waals surface area contributed by atoms with Gasteiger partial charge in [0.1, 0.15) is 5.01 Å². The lowest BCUT2D eigenvalue weighted by Gasteiger charge is -2.16. The van der Waals surface area contributed by atoms with Crippen LogP contribution in [0.4, 0.5) is 0 Å². The predicted molar refractivity (Wildman–Crippen MR) is 67.2 cm³/mol. The van der Waals surface area contributed by atoms with Crippen LogP contribution in [0.3, 0.4) is 0 Å². The SMILES string of the molecule is CCCC(C)C(N)c1nc(C(C)C)cs1. The molecule has 0 aliphatic rings. The summed E-state index contributed by atoms with van der Waals surface area (Å²) in [5, 5.41) is 3.23. The standard InChI is InChI=1S/C12H22N2S/c1-5-6-9(4)11(13)12-14-10(7-15-12)8(2)3/h7-9,11H,5-6,13H2,1-4H3. The van der Waals surface area contributed by atoms with Gasteiger partial charge in [-0.15, -0.1) is 11.3 Å². The third kappa shape index (κ3) is 3.28. The van der Waals surface area contributed by atoms with Crippen molar-refractivity contribution in [1.29, 1.82) is 0 Å². The maximum atomic E-state index is 6.19. The quantitative estimate of drug-likeness (QED) is 0.831. The van der Waals surface area contributed by atoms with Crippen molar-refractivity contribution in [3.8, 4) is 0 Å². The van der Waals surface area contributed by atoms with E-state index in [9.17, 15) is 0 Å². The van der Waals surface area contributed by atoms with Gasteiger partial charge in [0.25, 0.3) is 0 Å². The topological polar surface area (TPSA) is 38.9 Å². The van der Waals surface area contributed by atoms with E-state index in [1.165, 1.54) is 18.5 Å². The van der Waals surface area contributed by atoms with Gasteiger partial charge in [0.15, 0.2) is 0 Å². The second-order valence-electron chi connectivity index (χ2n) is 4.56. The summed E-state index contributed by atoms with van der Waals surface area (Å²) in [7, 11) is 0. The molecule has 86 valence electrons. The van der Waals surface area contributed by atoms with Crippen LogP contribution in [0.1, 0.15) is 63.2 Å². The Kier molecular flexibility index (Phi) is 4.74. The molecular weight excluding hydrogens is 204 g/mol. The molecule has 0 bridgehead atoms. The van der Waals surface area contributed by atoms with Gasteiger partial charge >= 0.3 is 0 Å². The summed E-state index contributed by atoms with van der Waals surface area (Å²) >= 11 is 1.70. The zero-order chi connectivity index (χ0) is 11.4. The number of hydrogen-bond acceptors (Lipinski definition) is 3. The van der Waals surface area contributed by atoms with Crippen LogP contribution >= 0.6 is 11.3 Å². The maximum Gasteiger partial charge on any atom is 0.110 e. The summed E-state index contributed by atoms with van der Waals surface area (Å²) in [6.07, 6.45) is 2.37. The lowest BCUT2D eigenvalue weighted by Crippen LogP contribution is -2.18. The van der Waals surface area contributed by atoms with E-state index in [2.05, 4.69) is 38.1 Å². The molecule has 0 aromatic carbocycles. The summed E-state index contributed by atoms with van der Waals surface area (Å²) in [6.45, 7) is 8.74. The molecule has 1 aromatic rings. The highest BCUT2D eigenvalue weighted by molar-refractivity contribution is 7.09. The van der Waals surface area contributed by atoms with Crippen LogP contribution in [0.25, 0.3) is 0 Å². The fourth-order valence-corrected chi connectivity index (χ4v) is 2.71. The zero-order valence-electron chi connectivity index (χ0n) is 10.2. The van der Waals surface area contributed by atoms with Gasteiger partial charge in [-0.25, -0.2) is 4.98 Å². The summed E-state index contributed by atoms with van der Waals surface area (Å²) in [5.41, 5.74) is 7.36. The normalized spacial score (nSPS) is 15.6. The molecule has 0 radical (unpaired) electrons. The van der Waals surface area contributed by atoms with Gasteiger partial charge in [-0.05, 0) is 18.3 Å². The molecule has 1 heterocycles. The van der Waals surface area contributed by atoms with Crippen LogP contribution < -0.4 is 5.73 Å². The molecule has 1 aromatic heterocycles. The highest BCUT2D eigenvalue weighted by Crippen LogP contribution is 2.27. The van der Waals surface area contributed by atoms with Crippen molar-refractivity contribution in [2.75, 3.05) is 0 Å². The number of nitrogens with zero attached hydrogens (tertiary/aromatic N) is 1. The third-order valence-electron chi connectivity index (χ3n) is 2.77. The van der Waals surface area contributed by atoms with Gasteiger partial charge in [-0.1, -0.05) is 34.1 Å². The summed E-state index contributed by atoms with van der Waals surface area (Å²) in [5.74, 6) is 1.03. The van der Waals surface area contributed by atoms with E-state index in [1.807, 2.05) is 0 Å². The van der Waals surface area contributed by atoms with Gasteiger partial charge in [-0.3, -0.25) is 0 Å². The molecule has 0 amide bonds. The summed E-state index contributed by atoms with van der Waals surface area (Å²) < 4.78 is 0. The maximum absolute atomic E-state index is 6.19. The van der Waals surface area contributed by atoms with Crippen molar-refractivity contribution in [1.82, 2.24) is 4.98 Å². The first-order valence-electron chi connectivity index (χ1n) is 5.77. The smallest absolute Gasteiger partial charge is 0.110 e. The molecule has 2 N–H and O–H groups in total. The summed E-state index contributed by atoms with van der Waals surface area (Å²) in [6, 6.07) is 0.113.